The van der Waals surface area contributed by atoms with E-state index < -0.39 is 49.3 Å². The molecule has 0 rings (SSSR count). The highest BCUT2D eigenvalue weighted by Gasteiger charge is 2.64. The third kappa shape index (κ3) is 3.58. The van der Waals surface area contributed by atoms with Crippen molar-refractivity contribution in [2.24, 2.45) is 5.41 Å². The molecule has 0 bridgehead atoms. The normalized spacial score (nSPS) is 12.3. The number of hydrogen-bond acceptors (Lipinski definition) is 10. The van der Waals surface area contributed by atoms with E-state index in [0.717, 1.165) is 6.29 Å². The summed E-state index contributed by atoms with van der Waals surface area (Å²) < 4.78 is 0. The molecule has 0 aliphatic heterocycles. The zero-order valence-corrected chi connectivity index (χ0v) is 11.9. The summed E-state index contributed by atoms with van der Waals surface area (Å²) >= 11 is 0. The standard InChI is InChI=1S/C9H11N4O10/c1-7(10(16)17,11(18)19)3-9(5-14,6-15)4-8(2,12(20)21)13(22)23/h5H,3-4H2,1-2H3. The van der Waals surface area contributed by atoms with Gasteiger partial charge < -0.3 is 4.79 Å². The number of hydrogen-bond donors (Lipinski definition) is 0. The maximum Gasteiger partial charge on any atom is 0.457 e. The van der Waals surface area contributed by atoms with E-state index in [0.29, 0.717) is 13.8 Å². The summed E-state index contributed by atoms with van der Waals surface area (Å²) in [7, 11) is 0. The van der Waals surface area contributed by atoms with Gasteiger partial charge in [0.15, 0.2) is 0 Å². The molecule has 1 radical (unpaired) electrons. The fourth-order valence-corrected chi connectivity index (χ4v) is 1.83. The Hall–Kier alpha value is -3.06. The van der Waals surface area contributed by atoms with Crippen molar-refractivity contribution in [3.63, 3.8) is 0 Å². The number of aldehydes is 1. The number of carbonyl (C=O) groups excluding carboxylic acids is 2. The molecule has 0 amide bonds. The average Bonchev–Trinajstić information content (AvgIpc) is 2.45. The molecule has 127 valence electrons. The molecule has 0 aliphatic carbocycles. The summed E-state index contributed by atoms with van der Waals surface area (Å²) in [6.45, 7) is 0.941. The number of nitro groups is 4. The summed E-state index contributed by atoms with van der Waals surface area (Å²) in [6.07, 6.45) is -2.23. The molecule has 0 atom stereocenters. The molecular formula is C9H11N4O10. The van der Waals surface area contributed by atoms with Gasteiger partial charge in [-0.1, -0.05) is 0 Å². The highest BCUT2D eigenvalue weighted by molar-refractivity contribution is 5.84. The summed E-state index contributed by atoms with van der Waals surface area (Å²) in [4.78, 5) is 60.0. The molecule has 14 heteroatoms. The van der Waals surface area contributed by atoms with Gasteiger partial charge in [0.05, 0.1) is 33.5 Å². The Labute approximate surface area is 127 Å². The van der Waals surface area contributed by atoms with E-state index in [2.05, 4.69) is 0 Å². The van der Waals surface area contributed by atoms with Crippen LogP contribution in [0.25, 0.3) is 0 Å². The molecule has 0 saturated heterocycles. The van der Waals surface area contributed by atoms with Crippen LogP contribution in [0.4, 0.5) is 0 Å². The van der Waals surface area contributed by atoms with Crippen molar-refractivity contribution in [2.45, 2.75) is 38.0 Å². The summed E-state index contributed by atoms with van der Waals surface area (Å²) in [5.74, 6) is 0. The number of nitrogens with zero attached hydrogens (tertiary/aromatic N) is 4. The van der Waals surface area contributed by atoms with Crippen LogP contribution in [0.3, 0.4) is 0 Å². The van der Waals surface area contributed by atoms with Crippen LogP contribution in [0.15, 0.2) is 0 Å². The first-order valence-electron chi connectivity index (χ1n) is 5.75. The molecule has 0 aromatic rings. The molecule has 0 aliphatic rings. The van der Waals surface area contributed by atoms with Crippen molar-refractivity contribution < 1.29 is 29.3 Å². The number of carbonyl (C=O) groups is 1. The highest BCUT2D eigenvalue weighted by atomic mass is 16.7. The molecule has 0 aromatic carbocycles. The minimum Gasteiger partial charge on any atom is -0.302 e. The van der Waals surface area contributed by atoms with Gasteiger partial charge in [0, 0.05) is 0 Å². The van der Waals surface area contributed by atoms with Crippen LogP contribution in [-0.2, 0) is 9.59 Å². The Bertz CT molecular complexity index is 495. The smallest absolute Gasteiger partial charge is 0.302 e. The first kappa shape index (κ1) is 19.9. The Kier molecular flexibility index (Phi) is 5.52. The van der Waals surface area contributed by atoms with Crippen LogP contribution in [0.5, 0.6) is 0 Å². The van der Waals surface area contributed by atoms with Crippen LogP contribution >= 0.6 is 0 Å². The second-order valence-electron chi connectivity index (χ2n) is 5.19. The minimum atomic E-state index is -3.06. The molecule has 0 heterocycles. The Morgan fingerprint density at radius 2 is 1.09 bits per heavy atom. The van der Waals surface area contributed by atoms with Gasteiger partial charge in [-0.2, -0.15) is 0 Å². The SMILES string of the molecule is CC(CC([C]=O)(C=O)CC(C)([N+](=O)[O-])[N+](=O)[O-])([N+](=O)[O-])[N+](=O)[O-]. The molecule has 23 heavy (non-hydrogen) atoms. The molecule has 0 saturated carbocycles. The first-order chi connectivity index (χ1) is 10.3. The van der Waals surface area contributed by atoms with Gasteiger partial charge in [-0.3, -0.25) is 45.3 Å². The lowest BCUT2D eigenvalue weighted by atomic mass is 9.76. The maximum absolute atomic E-state index is 11.2. The van der Waals surface area contributed by atoms with Crippen LogP contribution in [0.2, 0.25) is 0 Å². The third-order valence-corrected chi connectivity index (χ3v) is 3.30. The first-order valence-corrected chi connectivity index (χ1v) is 5.75. The van der Waals surface area contributed by atoms with Crippen molar-refractivity contribution in [1.82, 2.24) is 0 Å². The number of rotatable bonds is 10. The second kappa shape index (κ2) is 6.37. The second-order valence-corrected chi connectivity index (χ2v) is 5.19. The van der Waals surface area contributed by atoms with Crippen molar-refractivity contribution >= 4 is 12.6 Å². The van der Waals surface area contributed by atoms with Crippen molar-refractivity contribution in [3.8, 4) is 0 Å². The average molecular weight is 335 g/mol. The van der Waals surface area contributed by atoms with Gasteiger partial charge in [0.1, 0.15) is 24.5 Å². The van der Waals surface area contributed by atoms with Crippen molar-refractivity contribution in [1.29, 1.82) is 0 Å². The molecular weight excluding hydrogens is 324 g/mol. The molecule has 14 nitrogen and oxygen atoms in total. The minimum absolute atomic E-state index is 0.337. The highest BCUT2D eigenvalue weighted by Crippen LogP contribution is 2.36. The molecule has 0 spiro atoms. The van der Waals surface area contributed by atoms with Gasteiger partial charge >= 0.3 is 11.3 Å². The van der Waals surface area contributed by atoms with Gasteiger partial charge in [-0.15, -0.1) is 0 Å². The molecule has 0 aromatic heterocycles. The Morgan fingerprint density at radius 1 is 0.826 bits per heavy atom. The van der Waals surface area contributed by atoms with Gasteiger partial charge in [-0.05, 0) is 0 Å². The zero-order chi connectivity index (χ0) is 18.6. The van der Waals surface area contributed by atoms with Crippen LogP contribution in [0.1, 0.15) is 26.7 Å². The largest absolute Gasteiger partial charge is 0.457 e. The lowest BCUT2D eigenvalue weighted by Crippen LogP contribution is -2.53. The summed E-state index contributed by atoms with van der Waals surface area (Å²) in [6, 6.07) is 0. The van der Waals surface area contributed by atoms with E-state index in [1.165, 1.54) is 0 Å². The van der Waals surface area contributed by atoms with Crippen LogP contribution < -0.4 is 0 Å². The van der Waals surface area contributed by atoms with Crippen molar-refractivity contribution in [3.05, 3.63) is 40.5 Å². The Morgan fingerprint density at radius 3 is 1.22 bits per heavy atom. The monoisotopic (exact) mass is 335 g/mol. The van der Waals surface area contributed by atoms with E-state index >= 15 is 0 Å². The topological polar surface area (TPSA) is 207 Å². The predicted octanol–water partition coefficient (Wildman–Crippen LogP) is -0.399. The van der Waals surface area contributed by atoms with E-state index in [1.54, 1.807) is 0 Å². The predicted molar refractivity (Wildman–Crippen MR) is 68.2 cm³/mol. The van der Waals surface area contributed by atoms with E-state index in [-0.39, 0.29) is 6.29 Å². The van der Waals surface area contributed by atoms with Crippen molar-refractivity contribution in [2.75, 3.05) is 0 Å². The molecule has 0 N–H and O–H groups in total. The summed E-state index contributed by atoms with van der Waals surface area (Å²) in [5.41, 5.74) is -8.90. The summed E-state index contributed by atoms with van der Waals surface area (Å²) in [5, 5.41) is 43.4. The zero-order valence-electron chi connectivity index (χ0n) is 11.9. The molecule has 0 unspecified atom stereocenters. The van der Waals surface area contributed by atoms with Crippen LogP contribution in [-0.4, -0.2) is 43.6 Å². The lowest BCUT2D eigenvalue weighted by Gasteiger charge is -2.25. The van der Waals surface area contributed by atoms with E-state index in [4.69, 9.17) is 0 Å². The fourth-order valence-electron chi connectivity index (χ4n) is 1.83. The van der Waals surface area contributed by atoms with E-state index in [1.807, 2.05) is 0 Å². The third-order valence-electron chi connectivity index (χ3n) is 3.30. The lowest BCUT2D eigenvalue weighted by molar-refractivity contribution is -0.801. The van der Waals surface area contributed by atoms with Gasteiger partial charge in [0.2, 0.25) is 6.29 Å². The molecule has 0 fully saturated rings. The Balaban J connectivity index is 6.05. The van der Waals surface area contributed by atoms with E-state index in [9.17, 15) is 50.0 Å². The van der Waals surface area contributed by atoms with Gasteiger partial charge in [0.25, 0.3) is 0 Å². The maximum atomic E-state index is 11.2. The quantitative estimate of drug-likeness (QED) is 0.166. The fraction of sp³-hybridized carbons (Fsp3) is 0.778. The van der Waals surface area contributed by atoms with Gasteiger partial charge in [-0.25, -0.2) is 0 Å². The van der Waals surface area contributed by atoms with Crippen LogP contribution in [0, 0.1) is 45.9 Å².